The topological polar surface area (TPSA) is 124 Å². The summed E-state index contributed by atoms with van der Waals surface area (Å²) in [6.07, 6.45) is 0.771. The number of nitrogen functional groups attached to an aromatic ring is 1. The number of methoxy groups -OCH3 is 1. The molecule has 10 nitrogen and oxygen atoms in total. The van der Waals surface area contributed by atoms with Crippen molar-refractivity contribution < 1.29 is 14.6 Å². The van der Waals surface area contributed by atoms with Gasteiger partial charge in [-0.1, -0.05) is 30.3 Å². The molecular weight excluding hydrogens is 374 g/mol. The van der Waals surface area contributed by atoms with E-state index in [9.17, 15) is 10.1 Å². The number of hydrogen-bond acceptors (Lipinski definition) is 8. The summed E-state index contributed by atoms with van der Waals surface area (Å²) in [6, 6.07) is 10.3. The molecule has 1 aliphatic heterocycles. The van der Waals surface area contributed by atoms with Gasteiger partial charge >= 0.3 is 5.69 Å². The zero-order valence-electron chi connectivity index (χ0n) is 16.6. The lowest BCUT2D eigenvalue weighted by Gasteiger charge is -2.32. The van der Waals surface area contributed by atoms with Crippen molar-refractivity contribution in [2.75, 3.05) is 62.4 Å². The number of quaternary nitrogens is 1. The molecule has 29 heavy (non-hydrogen) atoms. The van der Waals surface area contributed by atoms with E-state index >= 15 is 0 Å². The molecule has 0 unspecified atom stereocenters. The van der Waals surface area contributed by atoms with Gasteiger partial charge in [0.25, 0.3) is 0 Å². The van der Waals surface area contributed by atoms with Gasteiger partial charge in [0, 0.05) is 25.8 Å². The molecule has 3 rings (SSSR count). The Morgan fingerprint density at radius 3 is 2.66 bits per heavy atom. The molecule has 1 aromatic carbocycles. The van der Waals surface area contributed by atoms with Crippen LogP contribution in [0, 0.1) is 10.1 Å². The largest absolute Gasteiger partial charge is 0.385 e. The van der Waals surface area contributed by atoms with Crippen molar-refractivity contribution in [2.24, 2.45) is 0 Å². The Morgan fingerprint density at radius 1 is 1.28 bits per heavy atom. The quantitative estimate of drug-likeness (QED) is 0.311. The highest BCUT2D eigenvalue weighted by Gasteiger charge is 2.30. The molecule has 0 bridgehead atoms. The second-order valence-corrected chi connectivity index (χ2v) is 7.03. The van der Waals surface area contributed by atoms with Crippen molar-refractivity contribution in [3.63, 3.8) is 0 Å². The summed E-state index contributed by atoms with van der Waals surface area (Å²) < 4.78 is 5.02. The van der Waals surface area contributed by atoms with Gasteiger partial charge in [-0.05, 0) is 6.42 Å². The number of nitrogens with two attached hydrogens (primary N) is 1. The SMILES string of the molecule is COCCCNc1nc(N)c([N+](=O)[O-])c(N2CC[NH+](Cc3ccccc3)CC2)n1. The fourth-order valence-electron chi connectivity index (χ4n) is 3.45. The summed E-state index contributed by atoms with van der Waals surface area (Å²) in [5.74, 6) is 0.474. The first-order valence-electron chi connectivity index (χ1n) is 9.75. The van der Waals surface area contributed by atoms with Gasteiger partial charge in [0.15, 0.2) is 0 Å². The molecule has 1 aliphatic rings. The Balaban J connectivity index is 1.69. The Labute approximate surface area is 169 Å². The van der Waals surface area contributed by atoms with E-state index in [-0.39, 0.29) is 17.3 Å². The number of benzene rings is 1. The van der Waals surface area contributed by atoms with E-state index in [0.29, 0.717) is 32.2 Å². The van der Waals surface area contributed by atoms with Crippen molar-refractivity contribution in [3.8, 4) is 0 Å². The third kappa shape index (κ3) is 5.52. The predicted octanol–water partition coefficient (Wildman–Crippen LogP) is 0.321. The van der Waals surface area contributed by atoms with Crippen molar-refractivity contribution in [2.45, 2.75) is 13.0 Å². The van der Waals surface area contributed by atoms with Crippen molar-refractivity contribution >= 4 is 23.3 Å². The normalized spacial score (nSPS) is 14.7. The fourth-order valence-corrected chi connectivity index (χ4v) is 3.45. The Kier molecular flexibility index (Phi) is 7.14. The van der Waals surface area contributed by atoms with Crippen LogP contribution in [0.25, 0.3) is 0 Å². The van der Waals surface area contributed by atoms with Gasteiger partial charge in [-0.2, -0.15) is 9.97 Å². The van der Waals surface area contributed by atoms with Crippen LogP contribution in [0.2, 0.25) is 0 Å². The van der Waals surface area contributed by atoms with Gasteiger partial charge in [-0.15, -0.1) is 0 Å². The van der Waals surface area contributed by atoms with E-state index in [2.05, 4.69) is 27.4 Å². The maximum Gasteiger partial charge on any atom is 0.353 e. The average molecular weight is 402 g/mol. The van der Waals surface area contributed by atoms with Crippen molar-refractivity contribution in [1.29, 1.82) is 0 Å². The monoisotopic (exact) mass is 402 g/mol. The minimum Gasteiger partial charge on any atom is -0.385 e. The zero-order chi connectivity index (χ0) is 20.6. The summed E-state index contributed by atoms with van der Waals surface area (Å²) in [4.78, 5) is 22.9. The van der Waals surface area contributed by atoms with Crippen LogP contribution >= 0.6 is 0 Å². The molecule has 156 valence electrons. The zero-order valence-corrected chi connectivity index (χ0v) is 16.6. The van der Waals surface area contributed by atoms with Crippen LogP contribution in [0.5, 0.6) is 0 Å². The number of piperazine rings is 1. The average Bonchev–Trinajstić information content (AvgIpc) is 2.72. The second kappa shape index (κ2) is 9.99. The van der Waals surface area contributed by atoms with Crippen LogP contribution in [0.1, 0.15) is 12.0 Å². The number of nitrogens with zero attached hydrogens (tertiary/aromatic N) is 4. The summed E-state index contributed by atoms with van der Waals surface area (Å²) in [5.41, 5.74) is 6.96. The molecule has 0 atom stereocenters. The first-order chi connectivity index (χ1) is 14.1. The van der Waals surface area contributed by atoms with Crippen LogP contribution < -0.4 is 20.9 Å². The summed E-state index contributed by atoms with van der Waals surface area (Å²) in [5, 5.41) is 14.6. The van der Waals surface area contributed by atoms with E-state index in [1.807, 2.05) is 23.1 Å². The lowest BCUT2D eigenvalue weighted by atomic mass is 10.2. The number of rotatable bonds is 9. The van der Waals surface area contributed by atoms with Crippen LogP contribution in [-0.2, 0) is 11.3 Å². The van der Waals surface area contributed by atoms with Crippen molar-refractivity contribution in [1.82, 2.24) is 9.97 Å². The van der Waals surface area contributed by atoms with Gasteiger partial charge in [-0.3, -0.25) is 10.1 Å². The first kappa shape index (κ1) is 20.7. The predicted molar refractivity (Wildman–Crippen MR) is 111 cm³/mol. The number of aromatic nitrogens is 2. The van der Waals surface area contributed by atoms with Gasteiger partial charge < -0.3 is 25.6 Å². The highest BCUT2D eigenvalue weighted by atomic mass is 16.6. The molecule has 0 saturated carbocycles. The molecule has 4 N–H and O–H groups in total. The maximum absolute atomic E-state index is 11.6. The Bertz CT molecular complexity index is 811. The highest BCUT2D eigenvalue weighted by molar-refractivity contribution is 5.71. The van der Waals surface area contributed by atoms with E-state index in [0.717, 1.165) is 26.1 Å². The molecule has 10 heteroatoms. The lowest BCUT2D eigenvalue weighted by Crippen LogP contribution is -3.13. The van der Waals surface area contributed by atoms with E-state index in [4.69, 9.17) is 10.5 Å². The van der Waals surface area contributed by atoms with Crippen LogP contribution in [0.15, 0.2) is 30.3 Å². The molecular formula is C19H28N7O3+. The number of anilines is 3. The van der Waals surface area contributed by atoms with Gasteiger partial charge in [0.2, 0.25) is 17.6 Å². The summed E-state index contributed by atoms with van der Waals surface area (Å²) >= 11 is 0. The molecule has 1 fully saturated rings. The smallest absolute Gasteiger partial charge is 0.353 e. The van der Waals surface area contributed by atoms with Crippen LogP contribution in [0.4, 0.5) is 23.3 Å². The number of ether oxygens (including phenoxy) is 1. The number of nitrogens with one attached hydrogen (secondary N) is 2. The maximum atomic E-state index is 11.6. The number of nitro groups is 1. The first-order valence-corrected chi connectivity index (χ1v) is 9.75. The van der Waals surface area contributed by atoms with E-state index in [1.54, 1.807) is 7.11 Å². The molecule has 0 aliphatic carbocycles. The standard InChI is InChI=1S/C19H27N7O3/c1-29-13-5-8-21-19-22-17(20)16(26(27)28)18(23-19)25-11-9-24(10-12-25)14-15-6-3-2-4-7-15/h2-4,6-7H,5,8-14H2,1H3,(H3,20,21,22,23)/p+1. The molecule has 0 amide bonds. The summed E-state index contributed by atoms with van der Waals surface area (Å²) in [7, 11) is 1.64. The Hall–Kier alpha value is -2.98. The second-order valence-electron chi connectivity index (χ2n) is 7.03. The van der Waals surface area contributed by atoms with E-state index < -0.39 is 4.92 Å². The third-order valence-electron chi connectivity index (χ3n) is 4.95. The minimum atomic E-state index is -0.497. The van der Waals surface area contributed by atoms with Crippen molar-refractivity contribution in [3.05, 3.63) is 46.0 Å². The highest BCUT2D eigenvalue weighted by Crippen LogP contribution is 2.31. The van der Waals surface area contributed by atoms with Crippen LogP contribution in [0.3, 0.4) is 0 Å². The number of hydrogen-bond donors (Lipinski definition) is 3. The molecule has 1 saturated heterocycles. The molecule has 0 spiro atoms. The van der Waals surface area contributed by atoms with Gasteiger partial charge in [0.1, 0.15) is 6.54 Å². The Morgan fingerprint density at radius 2 is 2.00 bits per heavy atom. The minimum absolute atomic E-state index is 0.117. The molecule has 2 aromatic rings. The van der Waals surface area contributed by atoms with Crippen LogP contribution in [-0.4, -0.2) is 61.3 Å². The molecule has 0 radical (unpaired) electrons. The molecule has 2 heterocycles. The molecule has 1 aromatic heterocycles. The third-order valence-corrected chi connectivity index (χ3v) is 4.95. The van der Waals surface area contributed by atoms with E-state index in [1.165, 1.54) is 10.5 Å². The van der Waals surface area contributed by atoms with Gasteiger partial charge in [0.05, 0.1) is 31.1 Å². The van der Waals surface area contributed by atoms with Gasteiger partial charge in [-0.25, -0.2) is 0 Å². The fraction of sp³-hybridized carbons (Fsp3) is 0.474. The lowest BCUT2D eigenvalue weighted by molar-refractivity contribution is -0.914. The summed E-state index contributed by atoms with van der Waals surface area (Å²) in [6.45, 7) is 5.22.